The number of likely N-dealkylation sites (tertiary alicyclic amines) is 1. The van der Waals surface area contributed by atoms with Gasteiger partial charge in [0.25, 0.3) is 5.91 Å². The molecular weight excluding hydrogens is 314 g/mol. The number of anilines is 1. The lowest BCUT2D eigenvalue weighted by molar-refractivity contribution is -0.116. The van der Waals surface area contributed by atoms with Crippen LogP contribution >= 0.6 is 0 Å². The van der Waals surface area contributed by atoms with Crippen molar-refractivity contribution < 1.29 is 9.59 Å². The summed E-state index contributed by atoms with van der Waals surface area (Å²) in [6, 6.07) is 5.54. The molecule has 0 aromatic heterocycles. The van der Waals surface area contributed by atoms with Gasteiger partial charge in [-0.1, -0.05) is 13.8 Å². The zero-order valence-electron chi connectivity index (χ0n) is 15.9. The molecule has 0 unspecified atom stereocenters. The second-order valence-corrected chi connectivity index (χ2v) is 7.47. The van der Waals surface area contributed by atoms with Crippen molar-refractivity contribution in [3.8, 4) is 0 Å². The van der Waals surface area contributed by atoms with Crippen LogP contribution in [0.25, 0.3) is 0 Å². The van der Waals surface area contributed by atoms with Gasteiger partial charge in [0, 0.05) is 30.8 Å². The van der Waals surface area contributed by atoms with Crippen LogP contribution in [0.2, 0.25) is 0 Å². The Hall–Kier alpha value is -1.88. The summed E-state index contributed by atoms with van der Waals surface area (Å²) in [6.07, 6.45) is 2.60. The van der Waals surface area contributed by atoms with Gasteiger partial charge in [-0.25, -0.2) is 0 Å². The van der Waals surface area contributed by atoms with Crippen molar-refractivity contribution in [2.75, 3.05) is 32.0 Å². The first-order chi connectivity index (χ1) is 11.9. The summed E-state index contributed by atoms with van der Waals surface area (Å²) in [7, 11) is 1.97. The first kappa shape index (κ1) is 19.4. The molecule has 1 aromatic rings. The fraction of sp³-hybridized carbons (Fsp3) is 0.600. The number of carbonyl (C=O) groups excluding carboxylic acids is 2. The van der Waals surface area contributed by atoms with E-state index in [-0.39, 0.29) is 11.8 Å². The molecule has 1 aliphatic rings. The van der Waals surface area contributed by atoms with Gasteiger partial charge in [0.1, 0.15) is 0 Å². The minimum absolute atomic E-state index is 0.0174. The lowest BCUT2D eigenvalue weighted by Crippen LogP contribution is -2.40. The quantitative estimate of drug-likeness (QED) is 0.833. The molecule has 2 amide bonds. The molecule has 0 radical (unpaired) electrons. The third kappa shape index (κ3) is 5.56. The zero-order chi connectivity index (χ0) is 18.4. The molecule has 5 heteroatoms. The SMILES string of the molecule is CNCC1CCN(C(=O)c2ccc(NC(=O)CC(C)C)c(C)c2)CC1. The molecule has 5 nitrogen and oxygen atoms in total. The maximum atomic E-state index is 12.7. The van der Waals surface area contributed by atoms with Gasteiger partial charge < -0.3 is 15.5 Å². The molecule has 0 bridgehead atoms. The number of hydrogen-bond donors (Lipinski definition) is 2. The Kier molecular flexibility index (Phi) is 7.00. The van der Waals surface area contributed by atoms with Crippen molar-refractivity contribution in [3.63, 3.8) is 0 Å². The molecule has 138 valence electrons. The van der Waals surface area contributed by atoms with E-state index in [1.165, 1.54) is 0 Å². The van der Waals surface area contributed by atoms with Crippen LogP contribution in [0.15, 0.2) is 18.2 Å². The number of carbonyl (C=O) groups is 2. The number of amides is 2. The number of nitrogens with zero attached hydrogens (tertiary/aromatic N) is 1. The van der Waals surface area contributed by atoms with Gasteiger partial charge >= 0.3 is 0 Å². The molecule has 1 aliphatic heterocycles. The van der Waals surface area contributed by atoms with E-state index < -0.39 is 0 Å². The number of benzene rings is 1. The summed E-state index contributed by atoms with van der Waals surface area (Å²) in [5.41, 5.74) is 2.41. The van der Waals surface area contributed by atoms with E-state index in [2.05, 4.69) is 10.6 Å². The second kappa shape index (κ2) is 8.99. The minimum atomic E-state index is 0.0174. The lowest BCUT2D eigenvalue weighted by Gasteiger charge is -2.32. The highest BCUT2D eigenvalue weighted by molar-refractivity contribution is 5.96. The van der Waals surface area contributed by atoms with Crippen LogP contribution in [0.4, 0.5) is 5.69 Å². The Morgan fingerprint density at radius 3 is 2.48 bits per heavy atom. The third-order valence-electron chi connectivity index (χ3n) is 4.74. The number of hydrogen-bond acceptors (Lipinski definition) is 3. The van der Waals surface area contributed by atoms with Gasteiger partial charge in [0.05, 0.1) is 0 Å². The van der Waals surface area contributed by atoms with Crippen molar-refractivity contribution in [2.45, 2.75) is 40.0 Å². The van der Waals surface area contributed by atoms with E-state index in [1.54, 1.807) is 0 Å². The van der Waals surface area contributed by atoms with Gasteiger partial charge in [-0.2, -0.15) is 0 Å². The Morgan fingerprint density at radius 1 is 1.24 bits per heavy atom. The van der Waals surface area contributed by atoms with E-state index in [9.17, 15) is 9.59 Å². The number of piperidine rings is 1. The summed E-state index contributed by atoms with van der Waals surface area (Å²) in [6.45, 7) is 8.63. The van der Waals surface area contributed by atoms with Gasteiger partial charge in [0.15, 0.2) is 0 Å². The van der Waals surface area contributed by atoms with Crippen molar-refractivity contribution in [3.05, 3.63) is 29.3 Å². The lowest BCUT2D eigenvalue weighted by atomic mass is 9.96. The van der Waals surface area contributed by atoms with Crippen molar-refractivity contribution in [1.29, 1.82) is 0 Å². The van der Waals surface area contributed by atoms with Crippen LogP contribution in [-0.4, -0.2) is 43.4 Å². The van der Waals surface area contributed by atoms with Crippen LogP contribution in [0, 0.1) is 18.8 Å². The van der Waals surface area contributed by atoms with E-state index >= 15 is 0 Å². The highest BCUT2D eigenvalue weighted by Gasteiger charge is 2.23. The largest absolute Gasteiger partial charge is 0.339 e. The number of nitrogens with one attached hydrogen (secondary N) is 2. The number of rotatable bonds is 6. The van der Waals surface area contributed by atoms with E-state index in [1.807, 2.05) is 50.9 Å². The van der Waals surface area contributed by atoms with E-state index in [4.69, 9.17) is 0 Å². The molecule has 0 spiro atoms. The van der Waals surface area contributed by atoms with Crippen LogP contribution in [0.5, 0.6) is 0 Å². The monoisotopic (exact) mass is 345 g/mol. The van der Waals surface area contributed by atoms with Crippen LogP contribution in [0.3, 0.4) is 0 Å². The van der Waals surface area contributed by atoms with Crippen LogP contribution in [0.1, 0.15) is 49.0 Å². The Bertz CT molecular complexity index is 605. The summed E-state index contributed by atoms with van der Waals surface area (Å²) < 4.78 is 0. The molecular formula is C20H31N3O2. The zero-order valence-corrected chi connectivity index (χ0v) is 15.9. The van der Waals surface area contributed by atoms with Crippen molar-refractivity contribution in [1.82, 2.24) is 10.2 Å². The molecule has 0 aliphatic carbocycles. The van der Waals surface area contributed by atoms with Crippen molar-refractivity contribution >= 4 is 17.5 Å². The summed E-state index contributed by atoms with van der Waals surface area (Å²) in [5.74, 6) is 1.09. The fourth-order valence-corrected chi connectivity index (χ4v) is 3.32. The smallest absolute Gasteiger partial charge is 0.253 e. The normalized spacial score (nSPS) is 15.5. The topological polar surface area (TPSA) is 61.4 Å². The molecule has 2 N–H and O–H groups in total. The minimum Gasteiger partial charge on any atom is -0.339 e. The Labute approximate surface area is 151 Å². The predicted octanol–water partition coefficient (Wildman–Crippen LogP) is 3.05. The summed E-state index contributed by atoms with van der Waals surface area (Å²) in [4.78, 5) is 26.6. The Morgan fingerprint density at radius 2 is 1.92 bits per heavy atom. The molecule has 1 aromatic carbocycles. The average molecular weight is 345 g/mol. The predicted molar refractivity (Wildman–Crippen MR) is 102 cm³/mol. The maximum Gasteiger partial charge on any atom is 0.253 e. The second-order valence-electron chi connectivity index (χ2n) is 7.47. The van der Waals surface area contributed by atoms with Gasteiger partial charge in [-0.05, 0) is 69.0 Å². The molecule has 2 rings (SSSR count). The van der Waals surface area contributed by atoms with Gasteiger partial charge in [0.2, 0.25) is 5.91 Å². The van der Waals surface area contributed by atoms with Crippen LogP contribution < -0.4 is 10.6 Å². The molecule has 25 heavy (non-hydrogen) atoms. The van der Waals surface area contributed by atoms with Crippen molar-refractivity contribution in [2.24, 2.45) is 11.8 Å². The molecule has 1 heterocycles. The first-order valence-electron chi connectivity index (χ1n) is 9.25. The van der Waals surface area contributed by atoms with Gasteiger partial charge in [-0.15, -0.1) is 0 Å². The molecule has 1 fully saturated rings. The molecule has 1 saturated heterocycles. The summed E-state index contributed by atoms with van der Waals surface area (Å²) in [5, 5.41) is 6.15. The van der Waals surface area contributed by atoms with E-state index in [0.29, 0.717) is 23.8 Å². The highest BCUT2D eigenvalue weighted by atomic mass is 16.2. The Balaban J connectivity index is 1.97. The van der Waals surface area contributed by atoms with E-state index in [0.717, 1.165) is 43.7 Å². The molecule has 0 saturated carbocycles. The summed E-state index contributed by atoms with van der Waals surface area (Å²) >= 11 is 0. The standard InChI is InChI=1S/C20H31N3O2/c1-14(2)11-19(24)22-18-6-5-17(12-15(18)3)20(25)23-9-7-16(8-10-23)13-21-4/h5-6,12,14,16,21H,7-11,13H2,1-4H3,(H,22,24). The van der Waals surface area contributed by atoms with Gasteiger partial charge in [-0.3, -0.25) is 9.59 Å². The average Bonchev–Trinajstić information content (AvgIpc) is 2.56. The maximum absolute atomic E-state index is 12.7. The fourth-order valence-electron chi connectivity index (χ4n) is 3.32. The number of aryl methyl sites for hydroxylation is 1. The third-order valence-corrected chi connectivity index (χ3v) is 4.74. The van der Waals surface area contributed by atoms with Crippen LogP contribution in [-0.2, 0) is 4.79 Å². The highest BCUT2D eigenvalue weighted by Crippen LogP contribution is 2.22. The molecule has 0 atom stereocenters. The first-order valence-corrected chi connectivity index (χ1v) is 9.25.